The van der Waals surface area contributed by atoms with Gasteiger partial charge in [-0.15, -0.1) is 0 Å². The summed E-state index contributed by atoms with van der Waals surface area (Å²) in [6.07, 6.45) is 6.97. The molecule has 1 unspecified atom stereocenters. The van der Waals surface area contributed by atoms with E-state index < -0.39 is 0 Å². The molecule has 0 aromatic carbocycles. The van der Waals surface area contributed by atoms with Crippen LogP contribution in [0.4, 0.5) is 0 Å². The summed E-state index contributed by atoms with van der Waals surface area (Å²) in [5, 5.41) is 0. The highest BCUT2D eigenvalue weighted by atomic mass is 15.3. The van der Waals surface area contributed by atoms with Crippen LogP contribution in [-0.2, 0) is 0 Å². The summed E-state index contributed by atoms with van der Waals surface area (Å²) in [5.41, 5.74) is 0.913. The van der Waals surface area contributed by atoms with Gasteiger partial charge in [0.05, 0.1) is 0 Å². The van der Waals surface area contributed by atoms with Gasteiger partial charge in [0.15, 0.2) is 0 Å². The maximum absolute atomic E-state index is 2.75. The van der Waals surface area contributed by atoms with Crippen LogP contribution in [-0.4, -0.2) is 72.6 Å². The van der Waals surface area contributed by atoms with Crippen molar-refractivity contribution >= 4 is 0 Å². The van der Waals surface area contributed by atoms with Gasteiger partial charge in [0.1, 0.15) is 0 Å². The van der Waals surface area contributed by atoms with Crippen molar-refractivity contribution in [3.05, 3.63) is 0 Å². The maximum atomic E-state index is 2.75. The molecule has 2 rings (SSSR count). The Labute approximate surface area is 177 Å². The molecule has 3 heteroatoms. The van der Waals surface area contributed by atoms with Gasteiger partial charge < -0.3 is 9.80 Å². The number of likely N-dealkylation sites (tertiary alicyclic amines) is 1. The number of rotatable bonds is 8. The second kappa shape index (κ2) is 10.3. The fourth-order valence-electron chi connectivity index (χ4n) is 5.37. The predicted octanol–water partition coefficient (Wildman–Crippen LogP) is 5.36. The minimum absolute atomic E-state index is 0.420. The second-order valence-electron chi connectivity index (χ2n) is 12.2. The Bertz CT molecular complexity index is 435. The Morgan fingerprint density at radius 1 is 0.786 bits per heavy atom. The largest absolute Gasteiger partial charge is 0.301 e. The highest BCUT2D eigenvalue weighted by molar-refractivity contribution is 4.83. The molecular formula is C25H51N3. The molecule has 1 atom stereocenters. The third kappa shape index (κ3) is 8.32. The molecule has 0 amide bonds. The van der Waals surface area contributed by atoms with Crippen LogP contribution in [0.2, 0.25) is 0 Å². The standard InChI is InChI=1S/C25H51N3/c1-21(2)27-13-10-23(11-14-27)19-25(7,8)12-9-22(3)28-17-15-26(16-18-28)20-24(4,5)6/h21-23H,9-20H2,1-8H3. The molecule has 0 aliphatic carbocycles. The molecule has 0 bridgehead atoms. The molecule has 0 aromatic heterocycles. The van der Waals surface area contributed by atoms with Gasteiger partial charge in [-0.3, -0.25) is 4.90 Å². The van der Waals surface area contributed by atoms with Crippen molar-refractivity contribution in [2.45, 2.75) is 99.6 Å². The molecule has 0 N–H and O–H groups in total. The average Bonchev–Trinajstić information content (AvgIpc) is 2.59. The van der Waals surface area contributed by atoms with Crippen LogP contribution in [0.1, 0.15) is 87.5 Å². The van der Waals surface area contributed by atoms with Gasteiger partial charge in [0.25, 0.3) is 0 Å². The van der Waals surface area contributed by atoms with Gasteiger partial charge in [-0.05, 0) is 82.7 Å². The summed E-state index contributed by atoms with van der Waals surface area (Å²) >= 11 is 0. The summed E-state index contributed by atoms with van der Waals surface area (Å²) in [5.74, 6) is 0.946. The number of hydrogen-bond acceptors (Lipinski definition) is 3. The Morgan fingerprint density at radius 2 is 1.36 bits per heavy atom. The van der Waals surface area contributed by atoms with E-state index >= 15 is 0 Å². The number of piperazine rings is 1. The maximum Gasteiger partial charge on any atom is 0.0113 e. The first-order valence-electron chi connectivity index (χ1n) is 12.2. The zero-order chi connectivity index (χ0) is 20.9. The molecule has 2 aliphatic rings. The minimum Gasteiger partial charge on any atom is -0.301 e. The van der Waals surface area contributed by atoms with Gasteiger partial charge in [0.2, 0.25) is 0 Å². The Balaban J connectivity index is 1.68. The molecule has 0 saturated carbocycles. The molecule has 166 valence electrons. The zero-order valence-corrected chi connectivity index (χ0v) is 20.6. The van der Waals surface area contributed by atoms with Crippen molar-refractivity contribution in [3.63, 3.8) is 0 Å². The first-order valence-corrected chi connectivity index (χ1v) is 12.2. The molecule has 0 radical (unpaired) electrons. The van der Waals surface area contributed by atoms with Crippen molar-refractivity contribution < 1.29 is 0 Å². The van der Waals surface area contributed by atoms with E-state index in [2.05, 4.69) is 70.1 Å². The second-order valence-corrected chi connectivity index (χ2v) is 12.2. The van der Waals surface area contributed by atoms with Gasteiger partial charge >= 0.3 is 0 Å². The zero-order valence-electron chi connectivity index (χ0n) is 20.6. The molecule has 28 heavy (non-hydrogen) atoms. The molecule has 2 aliphatic heterocycles. The SMILES string of the molecule is CC(C)N1CCC(CC(C)(C)CCC(C)N2CCN(CC(C)(C)C)CC2)CC1. The smallest absolute Gasteiger partial charge is 0.0113 e. The quantitative estimate of drug-likeness (QED) is 0.550. The molecule has 2 fully saturated rings. The third-order valence-corrected chi connectivity index (χ3v) is 7.19. The summed E-state index contributed by atoms with van der Waals surface area (Å²) in [6.45, 7) is 28.1. The third-order valence-electron chi connectivity index (χ3n) is 7.19. The lowest BCUT2D eigenvalue weighted by molar-refractivity contribution is 0.0699. The minimum atomic E-state index is 0.420. The van der Waals surface area contributed by atoms with Crippen molar-refractivity contribution in [3.8, 4) is 0 Å². The van der Waals surface area contributed by atoms with Gasteiger partial charge in [-0.25, -0.2) is 0 Å². The first-order chi connectivity index (χ1) is 13.0. The summed E-state index contributed by atoms with van der Waals surface area (Å²) < 4.78 is 0. The van der Waals surface area contributed by atoms with Gasteiger partial charge in [0, 0.05) is 44.8 Å². The Hall–Kier alpha value is -0.120. The van der Waals surface area contributed by atoms with E-state index in [-0.39, 0.29) is 0 Å². The van der Waals surface area contributed by atoms with Crippen LogP contribution in [0.5, 0.6) is 0 Å². The van der Waals surface area contributed by atoms with Gasteiger partial charge in [-0.2, -0.15) is 0 Å². The van der Waals surface area contributed by atoms with Crippen LogP contribution in [0, 0.1) is 16.7 Å². The highest BCUT2D eigenvalue weighted by Gasteiger charge is 2.29. The molecule has 2 saturated heterocycles. The number of nitrogens with zero attached hydrogens (tertiary/aromatic N) is 3. The van der Waals surface area contributed by atoms with E-state index in [9.17, 15) is 0 Å². The van der Waals surface area contributed by atoms with Crippen LogP contribution in [0.3, 0.4) is 0 Å². The van der Waals surface area contributed by atoms with Crippen LogP contribution < -0.4 is 0 Å². The number of piperidine rings is 1. The highest BCUT2D eigenvalue weighted by Crippen LogP contribution is 2.36. The summed E-state index contributed by atoms with van der Waals surface area (Å²) in [4.78, 5) is 8.07. The molecule has 2 heterocycles. The van der Waals surface area contributed by atoms with Crippen molar-refractivity contribution in [2.24, 2.45) is 16.7 Å². The van der Waals surface area contributed by atoms with E-state index in [4.69, 9.17) is 0 Å². The van der Waals surface area contributed by atoms with Crippen molar-refractivity contribution in [1.29, 1.82) is 0 Å². The topological polar surface area (TPSA) is 9.72 Å². The lowest BCUT2D eigenvalue weighted by Gasteiger charge is -2.41. The van der Waals surface area contributed by atoms with Gasteiger partial charge in [-0.1, -0.05) is 34.6 Å². The van der Waals surface area contributed by atoms with Crippen LogP contribution in [0.25, 0.3) is 0 Å². The number of hydrogen-bond donors (Lipinski definition) is 0. The first kappa shape index (κ1) is 24.2. The average molecular weight is 394 g/mol. The normalized spacial score (nSPS) is 23.5. The lowest BCUT2D eigenvalue weighted by atomic mass is 9.75. The van der Waals surface area contributed by atoms with E-state index in [1.54, 1.807) is 0 Å². The lowest BCUT2D eigenvalue weighted by Crippen LogP contribution is -2.51. The molecule has 0 spiro atoms. The summed E-state index contributed by atoms with van der Waals surface area (Å²) in [7, 11) is 0. The Morgan fingerprint density at radius 3 is 1.86 bits per heavy atom. The fourth-order valence-corrected chi connectivity index (χ4v) is 5.37. The van der Waals surface area contributed by atoms with Crippen LogP contribution >= 0.6 is 0 Å². The van der Waals surface area contributed by atoms with Crippen LogP contribution in [0.15, 0.2) is 0 Å². The predicted molar refractivity (Wildman–Crippen MR) is 124 cm³/mol. The van der Waals surface area contributed by atoms with E-state index in [1.165, 1.54) is 77.9 Å². The molecule has 3 nitrogen and oxygen atoms in total. The van der Waals surface area contributed by atoms with E-state index in [0.29, 0.717) is 10.8 Å². The monoisotopic (exact) mass is 393 g/mol. The molecular weight excluding hydrogens is 342 g/mol. The van der Waals surface area contributed by atoms with Crippen molar-refractivity contribution in [2.75, 3.05) is 45.8 Å². The fraction of sp³-hybridized carbons (Fsp3) is 1.00. The van der Waals surface area contributed by atoms with E-state index in [0.717, 1.165) is 18.0 Å². The summed E-state index contributed by atoms with van der Waals surface area (Å²) in [6, 6.07) is 1.46. The molecule has 0 aromatic rings. The van der Waals surface area contributed by atoms with Crippen molar-refractivity contribution in [1.82, 2.24) is 14.7 Å². The Kier molecular flexibility index (Phi) is 8.85. The van der Waals surface area contributed by atoms with E-state index in [1.807, 2.05) is 0 Å².